The fraction of sp³-hybridized carbons (Fsp3) is 0.579. The van der Waals surface area contributed by atoms with Crippen LogP contribution in [0.5, 0.6) is 5.75 Å². The number of fused-ring (bicyclic) bond motifs is 1. The molecule has 0 radical (unpaired) electrons. The zero-order valence-electron chi connectivity index (χ0n) is 14.3. The Balaban J connectivity index is 1.49. The molecule has 3 rings (SSSR count). The number of carbonyl (C=O) groups excluding carboxylic acids is 2. The van der Waals surface area contributed by atoms with Gasteiger partial charge in [0.05, 0.1) is 13.0 Å². The molecule has 2 aliphatic rings. The third-order valence-corrected chi connectivity index (χ3v) is 5.23. The van der Waals surface area contributed by atoms with Crippen LogP contribution >= 0.6 is 0 Å². The quantitative estimate of drug-likeness (QED) is 0.851. The monoisotopic (exact) mass is 330 g/mol. The maximum Gasteiger partial charge on any atom is 0.226 e. The molecule has 24 heavy (non-hydrogen) atoms. The number of rotatable bonds is 4. The van der Waals surface area contributed by atoms with Gasteiger partial charge in [-0.3, -0.25) is 9.59 Å². The second-order valence-corrected chi connectivity index (χ2v) is 6.76. The van der Waals surface area contributed by atoms with Crippen molar-refractivity contribution < 1.29 is 14.3 Å². The number of amides is 2. The Kier molecular flexibility index (Phi) is 5.38. The summed E-state index contributed by atoms with van der Waals surface area (Å²) >= 11 is 0. The molecule has 0 aliphatic carbocycles. The van der Waals surface area contributed by atoms with Crippen LogP contribution in [0.3, 0.4) is 0 Å². The molecular weight excluding hydrogens is 304 g/mol. The second-order valence-electron chi connectivity index (χ2n) is 6.76. The zero-order chi connectivity index (χ0) is 16.9. The summed E-state index contributed by atoms with van der Waals surface area (Å²) in [5.74, 6) is 1.61. The molecule has 2 saturated heterocycles. The van der Waals surface area contributed by atoms with E-state index >= 15 is 0 Å². The van der Waals surface area contributed by atoms with Crippen LogP contribution in [-0.2, 0) is 9.59 Å². The molecule has 0 saturated carbocycles. The summed E-state index contributed by atoms with van der Waals surface area (Å²) in [6, 6.07) is 9.88. The molecule has 130 valence electrons. The summed E-state index contributed by atoms with van der Waals surface area (Å²) in [7, 11) is 1.91. The number of piperidine rings is 1. The zero-order valence-corrected chi connectivity index (χ0v) is 14.3. The lowest BCUT2D eigenvalue weighted by atomic mass is 9.88. The van der Waals surface area contributed by atoms with Crippen LogP contribution in [0.15, 0.2) is 30.3 Å². The molecule has 2 atom stereocenters. The average molecular weight is 330 g/mol. The van der Waals surface area contributed by atoms with Crippen molar-refractivity contribution in [3.63, 3.8) is 0 Å². The van der Waals surface area contributed by atoms with Gasteiger partial charge in [0.15, 0.2) is 0 Å². The number of nitrogens with zero attached hydrogens (tertiary/aromatic N) is 2. The lowest BCUT2D eigenvalue weighted by Crippen LogP contribution is -2.51. The molecule has 0 aromatic heterocycles. The van der Waals surface area contributed by atoms with Gasteiger partial charge in [-0.05, 0) is 37.3 Å². The number of benzene rings is 1. The minimum Gasteiger partial charge on any atom is -0.493 e. The normalized spacial score (nSPS) is 24.3. The largest absolute Gasteiger partial charge is 0.493 e. The average Bonchev–Trinajstić information content (AvgIpc) is 2.74. The first kappa shape index (κ1) is 16.8. The highest BCUT2D eigenvalue weighted by Gasteiger charge is 2.36. The van der Waals surface area contributed by atoms with E-state index in [0.717, 1.165) is 38.1 Å². The van der Waals surface area contributed by atoms with Crippen molar-refractivity contribution in [2.24, 2.45) is 5.92 Å². The van der Waals surface area contributed by atoms with Crippen LogP contribution < -0.4 is 4.74 Å². The Labute approximate surface area is 143 Å². The van der Waals surface area contributed by atoms with Crippen molar-refractivity contribution in [1.82, 2.24) is 9.80 Å². The van der Waals surface area contributed by atoms with Crippen molar-refractivity contribution >= 4 is 11.8 Å². The van der Waals surface area contributed by atoms with Crippen LogP contribution in [0.2, 0.25) is 0 Å². The predicted molar refractivity (Wildman–Crippen MR) is 91.7 cm³/mol. The van der Waals surface area contributed by atoms with Crippen molar-refractivity contribution in [3.05, 3.63) is 30.3 Å². The summed E-state index contributed by atoms with van der Waals surface area (Å²) < 4.78 is 5.62. The minimum absolute atomic E-state index is 0.155. The van der Waals surface area contributed by atoms with Crippen LogP contribution in [-0.4, -0.2) is 54.4 Å². The number of hydrogen-bond donors (Lipinski definition) is 0. The van der Waals surface area contributed by atoms with Gasteiger partial charge in [0.1, 0.15) is 5.75 Å². The summed E-state index contributed by atoms with van der Waals surface area (Å²) in [5, 5.41) is 0. The van der Waals surface area contributed by atoms with Crippen molar-refractivity contribution in [2.75, 3.05) is 26.7 Å². The number of hydrogen-bond acceptors (Lipinski definition) is 3. The third kappa shape index (κ3) is 3.89. The molecule has 2 aliphatic heterocycles. The van der Waals surface area contributed by atoms with E-state index in [2.05, 4.69) is 0 Å². The minimum atomic E-state index is 0.155. The SMILES string of the molecule is CN1C(=O)CCC[C@H]2CN(C(=O)CCOc3ccccc3)CC[C@H]21. The van der Waals surface area contributed by atoms with E-state index in [-0.39, 0.29) is 11.8 Å². The topological polar surface area (TPSA) is 49.9 Å². The smallest absolute Gasteiger partial charge is 0.226 e. The molecule has 5 heteroatoms. The lowest BCUT2D eigenvalue weighted by Gasteiger charge is -2.41. The van der Waals surface area contributed by atoms with E-state index in [9.17, 15) is 9.59 Å². The van der Waals surface area contributed by atoms with Crippen molar-refractivity contribution in [3.8, 4) is 5.75 Å². The van der Waals surface area contributed by atoms with Gasteiger partial charge in [-0.2, -0.15) is 0 Å². The summed E-state index contributed by atoms with van der Waals surface area (Å²) in [6.07, 6.45) is 3.90. The Hall–Kier alpha value is -2.04. The number of carbonyl (C=O) groups is 2. The summed E-state index contributed by atoms with van der Waals surface area (Å²) in [6.45, 7) is 1.92. The maximum absolute atomic E-state index is 12.5. The maximum atomic E-state index is 12.5. The molecule has 1 aromatic carbocycles. The fourth-order valence-electron chi connectivity index (χ4n) is 3.85. The highest BCUT2D eigenvalue weighted by atomic mass is 16.5. The van der Waals surface area contributed by atoms with Gasteiger partial charge in [-0.1, -0.05) is 18.2 Å². The molecule has 0 N–H and O–H groups in total. The number of para-hydroxylation sites is 1. The standard InChI is InChI=1S/C19H26N2O3/c1-20-17-10-12-21(14-15(17)6-5-9-18(20)22)19(23)11-13-24-16-7-3-2-4-8-16/h2-4,7-8,15,17H,5-6,9-14H2,1H3/t15-,17+/m0/s1. The molecule has 0 unspecified atom stereocenters. The van der Waals surface area contributed by atoms with Gasteiger partial charge in [-0.25, -0.2) is 0 Å². The summed E-state index contributed by atoms with van der Waals surface area (Å²) in [4.78, 5) is 28.3. The van der Waals surface area contributed by atoms with Crippen LogP contribution in [0.4, 0.5) is 0 Å². The van der Waals surface area contributed by atoms with Crippen molar-refractivity contribution in [2.45, 2.75) is 38.1 Å². The number of likely N-dealkylation sites (tertiary alicyclic amines) is 2. The lowest BCUT2D eigenvalue weighted by molar-refractivity contribution is -0.137. The van der Waals surface area contributed by atoms with Crippen LogP contribution in [0.25, 0.3) is 0 Å². The summed E-state index contributed by atoms with van der Waals surface area (Å²) in [5.41, 5.74) is 0. The van der Waals surface area contributed by atoms with E-state index in [1.165, 1.54) is 0 Å². The van der Waals surface area contributed by atoms with Crippen LogP contribution in [0.1, 0.15) is 32.1 Å². The van der Waals surface area contributed by atoms with Gasteiger partial charge < -0.3 is 14.5 Å². The first-order chi connectivity index (χ1) is 11.6. The van der Waals surface area contributed by atoms with Crippen LogP contribution in [0, 0.1) is 5.92 Å². The highest BCUT2D eigenvalue weighted by Crippen LogP contribution is 2.29. The number of ether oxygens (including phenoxy) is 1. The van der Waals surface area contributed by atoms with Gasteiger partial charge >= 0.3 is 0 Å². The Morgan fingerprint density at radius 2 is 2.04 bits per heavy atom. The molecule has 0 spiro atoms. The van der Waals surface area contributed by atoms with Gasteiger partial charge in [0.25, 0.3) is 0 Å². The molecule has 0 bridgehead atoms. The Morgan fingerprint density at radius 1 is 1.25 bits per heavy atom. The van der Waals surface area contributed by atoms with E-state index in [1.54, 1.807) is 0 Å². The van der Waals surface area contributed by atoms with Crippen molar-refractivity contribution in [1.29, 1.82) is 0 Å². The molecule has 1 aromatic rings. The molecule has 2 fully saturated rings. The Morgan fingerprint density at radius 3 is 2.83 bits per heavy atom. The fourth-order valence-corrected chi connectivity index (χ4v) is 3.85. The van der Waals surface area contributed by atoms with E-state index in [1.807, 2.05) is 47.2 Å². The van der Waals surface area contributed by atoms with E-state index < -0.39 is 0 Å². The van der Waals surface area contributed by atoms with E-state index in [0.29, 0.717) is 31.4 Å². The Bertz CT molecular complexity index is 575. The highest BCUT2D eigenvalue weighted by molar-refractivity contribution is 5.77. The van der Waals surface area contributed by atoms with Gasteiger partial charge in [-0.15, -0.1) is 0 Å². The predicted octanol–water partition coefficient (Wildman–Crippen LogP) is 2.31. The van der Waals surface area contributed by atoms with Gasteiger partial charge in [0.2, 0.25) is 11.8 Å². The molecule has 2 amide bonds. The first-order valence-corrected chi connectivity index (χ1v) is 8.86. The third-order valence-electron chi connectivity index (χ3n) is 5.23. The second kappa shape index (κ2) is 7.69. The van der Waals surface area contributed by atoms with Gasteiger partial charge in [0, 0.05) is 32.6 Å². The molecule has 5 nitrogen and oxygen atoms in total. The molecule has 2 heterocycles. The first-order valence-electron chi connectivity index (χ1n) is 8.86. The molecular formula is C19H26N2O3. The van der Waals surface area contributed by atoms with E-state index in [4.69, 9.17) is 4.74 Å².